The summed E-state index contributed by atoms with van der Waals surface area (Å²) in [5, 5.41) is 2.50. The Bertz CT molecular complexity index is 528. The Hall–Kier alpha value is -1.08. The van der Waals surface area contributed by atoms with Gasteiger partial charge in [0.05, 0.1) is 5.69 Å². The van der Waals surface area contributed by atoms with Crippen LogP contribution in [0.4, 0.5) is 5.69 Å². The molecule has 5 nitrogen and oxygen atoms in total. The highest BCUT2D eigenvalue weighted by molar-refractivity contribution is 9.10. The predicted octanol–water partition coefficient (Wildman–Crippen LogP) is 1.45. The summed E-state index contributed by atoms with van der Waals surface area (Å²) in [5.41, 5.74) is 1.65. The molecular formula is C10H13BrN2O3S. The lowest BCUT2D eigenvalue weighted by molar-refractivity contribution is 0.0963. The van der Waals surface area contributed by atoms with Crippen LogP contribution in [0.5, 0.6) is 0 Å². The van der Waals surface area contributed by atoms with E-state index in [9.17, 15) is 13.2 Å². The Morgan fingerprint density at radius 2 is 2.06 bits per heavy atom. The van der Waals surface area contributed by atoms with Gasteiger partial charge in [-0.1, -0.05) is 15.9 Å². The quantitative estimate of drug-likeness (QED) is 0.824. The molecule has 1 amide bonds. The highest BCUT2D eigenvalue weighted by Crippen LogP contribution is 2.18. The van der Waals surface area contributed by atoms with Crippen molar-refractivity contribution in [3.63, 3.8) is 0 Å². The first-order valence-corrected chi connectivity index (χ1v) is 7.56. The topological polar surface area (TPSA) is 75.3 Å². The second kappa shape index (κ2) is 5.50. The highest BCUT2D eigenvalue weighted by atomic mass is 79.9. The normalized spacial score (nSPS) is 11.0. The molecule has 0 aliphatic heterocycles. The molecule has 0 spiro atoms. The van der Waals surface area contributed by atoms with Gasteiger partial charge in [-0.2, -0.15) is 0 Å². The van der Waals surface area contributed by atoms with Gasteiger partial charge in [-0.05, 0) is 30.7 Å². The monoisotopic (exact) mass is 320 g/mol. The number of anilines is 1. The van der Waals surface area contributed by atoms with Crippen LogP contribution in [-0.2, 0) is 10.0 Å². The van der Waals surface area contributed by atoms with Crippen molar-refractivity contribution in [3.8, 4) is 0 Å². The van der Waals surface area contributed by atoms with Crippen molar-refractivity contribution in [2.45, 2.75) is 6.92 Å². The summed E-state index contributed by atoms with van der Waals surface area (Å²) >= 11 is 2.89. The van der Waals surface area contributed by atoms with Crippen molar-refractivity contribution in [1.82, 2.24) is 5.32 Å². The summed E-state index contributed by atoms with van der Waals surface area (Å²) in [6, 6.07) is 4.77. The van der Waals surface area contributed by atoms with Crippen LogP contribution in [0.25, 0.3) is 0 Å². The number of carbonyl (C=O) groups excluding carboxylic acids is 1. The van der Waals surface area contributed by atoms with Crippen LogP contribution < -0.4 is 10.0 Å². The zero-order valence-electron chi connectivity index (χ0n) is 9.45. The first-order valence-electron chi connectivity index (χ1n) is 4.79. The highest BCUT2D eigenvalue weighted by Gasteiger charge is 2.11. The Labute approximate surface area is 109 Å². The molecule has 0 fully saturated rings. The number of carbonyl (C=O) groups is 1. The molecule has 1 aromatic carbocycles. The molecule has 0 radical (unpaired) electrons. The summed E-state index contributed by atoms with van der Waals surface area (Å²) in [5.74, 6) is -0.206. The maximum atomic E-state index is 11.4. The summed E-state index contributed by atoms with van der Waals surface area (Å²) in [7, 11) is -1.83. The predicted molar refractivity (Wildman–Crippen MR) is 70.9 cm³/mol. The largest absolute Gasteiger partial charge is 0.355 e. The molecule has 0 bridgehead atoms. The molecule has 94 valence electrons. The summed E-state index contributed by atoms with van der Waals surface area (Å²) in [4.78, 5) is 11.4. The Balaban J connectivity index is 3.03. The van der Waals surface area contributed by atoms with Gasteiger partial charge in [0.15, 0.2) is 0 Å². The minimum absolute atomic E-state index is 0.170. The average Bonchev–Trinajstić information content (AvgIpc) is 2.30. The van der Waals surface area contributed by atoms with Crippen LogP contribution in [0.3, 0.4) is 0 Å². The van der Waals surface area contributed by atoms with E-state index in [1.165, 1.54) is 0 Å². The van der Waals surface area contributed by atoms with Gasteiger partial charge >= 0.3 is 0 Å². The van der Waals surface area contributed by atoms with Gasteiger partial charge < -0.3 is 5.32 Å². The van der Waals surface area contributed by atoms with Gasteiger partial charge in [0.25, 0.3) is 5.91 Å². The standard InChI is InChI=1S/C10H13BrN2O3S/c1-7-5-8(10(14)12-2)3-4-9(7)13-17(15,16)6-11/h3-5,13H,6H2,1-2H3,(H,12,14). The van der Waals surface area contributed by atoms with E-state index in [1.807, 2.05) is 0 Å². The van der Waals surface area contributed by atoms with Crippen molar-refractivity contribution in [2.75, 3.05) is 16.4 Å². The lowest BCUT2D eigenvalue weighted by Crippen LogP contribution is -2.18. The number of hydrogen-bond acceptors (Lipinski definition) is 3. The van der Waals surface area contributed by atoms with Crippen LogP contribution in [-0.4, -0.2) is 26.0 Å². The van der Waals surface area contributed by atoms with Crippen molar-refractivity contribution in [2.24, 2.45) is 0 Å². The van der Waals surface area contributed by atoms with Crippen LogP contribution in [0, 0.1) is 6.92 Å². The van der Waals surface area contributed by atoms with E-state index in [1.54, 1.807) is 32.2 Å². The number of hydrogen-bond donors (Lipinski definition) is 2. The molecule has 0 aliphatic rings. The molecule has 2 N–H and O–H groups in total. The number of sulfonamides is 1. The first kappa shape index (κ1) is 14.0. The number of aryl methyl sites for hydroxylation is 1. The smallest absolute Gasteiger partial charge is 0.251 e. The molecule has 0 aliphatic carbocycles. The first-order chi connectivity index (χ1) is 7.89. The maximum absolute atomic E-state index is 11.4. The number of halogens is 1. The molecule has 1 aromatic rings. The van der Waals surface area contributed by atoms with Crippen molar-refractivity contribution >= 4 is 37.5 Å². The molecule has 0 aromatic heterocycles. The third-order valence-electron chi connectivity index (χ3n) is 2.12. The van der Waals surface area contributed by atoms with Gasteiger partial charge in [0.1, 0.15) is 4.66 Å². The van der Waals surface area contributed by atoms with E-state index in [0.717, 1.165) is 0 Å². The van der Waals surface area contributed by atoms with E-state index >= 15 is 0 Å². The summed E-state index contributed by atoms with van der Waals surface area (Å²) in [6.07, 6.45) is 0. The van der Waals surface area contributed by atoms with Gasteiger partial charge in [-0.3, -0.25) is 9.52 Å². The molecule has 7 heteroatoms. The molecule has 0 heterocycles. The number of nitrogens with one attached hydrogen (secondary N) is 2. The molecule has 0 saturated heterocycles. The number of benzene rings is 1. The van der Waals surface area contributed by atoms with Crippen molar-refractivity contribution in [3.05, 3.63) is 29.3 Å². The third-order valence-corrected chi connectivity index (χ3v) is 4.75. The number of amides is 1. The Kier molecular flexibility index (Phi) is 4.53. The van der Waals surface area contributed by atoms with E-state index in [-0.39, 0.29) is 10.6 Å². The zero-order chi connectivity index (χ0) is 13.1. The second-order valence-corrected chi connectivity index (χ2v) is 6.46. The second-order valence-electron chi connectivity index (χ2n) is 3.43. The molecular weight excluding hydrogens is 308 g/mol. The third kappa shape index (κ3) is 3.71. The van der Waals surface area contributed by atoms with E-state index in [4.69, 9.17) is 0 Å². The van der Waals surface area contributed by atoms with Crippen LogP contribution >= 0.6 is 15.9 Å². The van der Waals surface area contributed by atoms with E-state index < -0.39 is 10.0 Å². The average molecular weight is 321 g/mol. The van der Waals surface area contributed by atoms with Gasteiger partial charge in [0.2, 0.25) is 10.0 Å². The van der Waals surface area contributed by atoms with E-state index in [0.29, 0.717) is 16.8 Å². The SMILES string of the molecule is CNC(=O)c1ccc(NS(=O)(=O)CBr)c(C)c1. The summed E-state index contributed by atoms with van der Waals surface area (Å²) < 4.78 is 25.0. The van der Waals surface area contributed by atoms with E-state index in [2.05, 4.69) is 26.0 Å². The molecule has 0 atom stereocenters. The molecule has 1 rings (SSSR count). The Morgan fingerprint density at radius 1 is 1.41 bits per heavy atom. The minimum Gasteiger partial charge on any atom is -0.355 e. The van der Waals surface area contributed by atoms with Crippen molar-refractivity contribution < 1.29 is 13.2 Å². The number of rotatable bonds is 4. The Morgan fingerprint density at radius 3 is 2.53 bits per heavy atom. The molecule has 0 unspecified atom stereocenters. The van der Waals surface area contributed by atoms with Crippen molar-refractivity contribution in [1.29, 1.82) is 0 Å². The molecule has 17 heavy (non-hydrogen) atoms. The fraction of sp³-hybridized carbons (Fsp3) is 0.300. The minimum atomic E-state index is -3.37. The number of alkyl halides is 1. The molecule has 0 saturated carbocycles. The van der Waals surface area contributed by atoms with Crippen LogP contribution in [0.1, 0.15) is 15.9 Å². The maximum Gasteiger partial charge on any atom is 0.251 e. The zero-order valence-corrected chi connectivity index (χ0v) is 11.9. The lowest BCUT2D eigenvalue weighted by Gasteiger charge is -2.10. The summed E-state index contributed by atoms with van der Waals surface area (Å²) in [6.45, 7) is 1.73. The fourth-order valence-corrected chi connectivity index (χ4v) is 2.22. The van der Waals surface area contributed by atoms with Gasteiger partial charge in [0, 0.05) is 12.6 Å². The lowest BCUT2D eigenvalue weighted by atomic mass is 10.1. The van der Waals surface area contributed by atoms with Gasteiger partial charge in [-0.15, -0.1) is 0 Å². The van der Waals surface area contributed by atoms with Crippen LogP contribution in [0.15, 0.2) is 18.2 Å². The van der Waals surface area contributed by atoms with Crippen LogP contribution in [0.2, 0.25) is 0 Å². The van der Waals surface area contributed by atoms with Gasteiger partial charge in [-0.25, -0.2) is 8.42 Å². The fourth-order valence-electron chi connectivity index (χ4n) is 1.26.